The Morgan fingerprint density at radius 3 is 2.88 bits per heavy atom. The molecule has 16 heavy (non-hydrogen) atoms. The summed E-state index contributed by atoms with van der Waals surface area (Å²) in [6, 6.07) is 4.61. The summed E-state index contributed by atoms with van der Waals surface area (Å²) in [6.45, 7) is 2.14. The van der Waals surface area contributed by atoms with Gasteiger partial charge in [0.05, 0.1) is 4.92 Å². The first-order chi connectivity index (χ1) is 7.65. The number of nitrogens with two attached hydrogens (primary N) is 1. The number of hydrogen-bond acceptors (Lipinski definition) is 4. The van der Waals surface area contributed by atoms with Crippen LogP contribution >= 0.6 is 11.8 Å². The van der Waals surface area contributed by atoms with Crippen LogP contribution in [-0.2, 0) is 5.75 Å². The lowest BCUT2D eigenvalue weighted by Gasteiger charge is -2.04. The number of nitro benzene ring substituents is 1. The van der Waals surface area contributed by atoms with E-state index in [1.807, 2.05) is 0 Å². The molecule has 88 valence electrons. The number of unbranched alkanes of at least 4 members (excludes halogenated alkanes) is 1. The highest BCUT2D eigenvalue weighted by Crippen LogP contribution is 2.24. The van der Waals surface area contributed by atoms with Crippen LogP contribution in [0.3, 0.4) is 0 Å². The Hall–Kier alpha value is -1.23. The molecule has 4 nitrogen and oxygen atoms in total. The summed E-state index contributed by atoms with van der Waals surface area (Å²) < 4.78 is 0. The third-order valence-electron chi connectivity index (χ3n) is 2.24. The van der Waals surface area contributed by atoms with Crippen LogP contribution in [0.4, 0.5) is 11.4 Å². The van der Waals surface area contributed by atoms with E-state index in [1.165, 1.54) is 12.5 Å². The quantitative estimate of drug-likeness (QED) is 0.359. The number of nitrogen functional groups attached to an aromatic ring is 1. The third-order valence-corrected chi connectivity index (χ3v) is 3.33. The molecule has 2 N–H and O–H groups in total. The molecule has 0 saturated carbocycles. The number of benzene rings is 1. The molecule has 0 unspecified atom stereocenters. The maximum atomic E-state index is 10.6. The van der Waals surface area contributed by atoms with Crippen LogP contribution in [0.25, 0.3) is 0 Å². The van der Waals surface area contributed by atoms with E-state index in [0.717, 1.165) is 23.5 Å². The fourth-order valence-corrected chi connectivity index (χ4v) is 2.37. The maximum absolute atomic E-state index is 10.6. The molecule has 0 aromatic heterocycles. The molecule has 0 bridgehead atoms. The van der Waals surface area contributed by atoms with Crippen LogP contribution in [0.15, 0.2) is 18.2 Å². The van der Waals surface area contributed by atoms with Gasteiger partial charge < -0.3 is 5.73 Å². The van der Waals surface area contributed by atoms with Crippen LogP contribution in [0.2, 0.25) is 0 Å². The van der Waals surface area contributed by atoms with E-state index in [4.69, 9.17) is 5.73 Å². The third kappa shape index (κ3) is 3.73. The number of anilines is 1. The second-order valence-corrected chi connectivity index (χ2v) is 4.65. The standard InChI is InChI=1S/C11H16N2O2S/c1-2-3-6-16-8-9-7-10(13(14)15)4-5-11(9)12/h4-5,7H,2-3,6,8,12H2,1H3. The van der Waals surface area contributed by atoms with Crippen LogP contribution in [0.5, 0.6) is 0 Å². The fraction of sp³-hybridized carbons (Fsp3) is 0.455. The highest BCUT2D eigenvalue weighted by Gasteiger charge is 2.08. The van der Waals surface area contributed by atoms with Crippen molar-refractivity contribution >= 4 is 23.1 Å². The Balaban J connectivity index is 2.63. The minimum Gasteiger partial charge on any atom is -0.398 e. The van der Waals surface area contributed by atoms with E-state index in [9.17, 15) is 10.1 Å². The van der Waals surface area contributed by atoms with Gasteiger partial charge in [0.15, 0.2) is 0 Å². The van der Waals surface area contributed by atoms with Crippen molar-refractivity contribution < 1.29 is 4.92 Å². The van der Waals surface area contributed by atoms with Crippen molar-refractivity contribution in [2.24, 2.45) is 0 Å². The van der Waals surface area contributed by atoms with Gasteiger partial charge in [0.2, 0.25) is 0 Å². The molecule has 1 aromatic rings. The van der Waals surface area contributed by atoms with E-state index < -0.39 is 0 Å². The highest BCUT2D eigenvalue weighted by molar-refractivity contribution is 7.98. The van der Waals surface area contributed by atoms with E-state index in [2.05, 4.69) is 6.92 Å². The van der Waals surface area contributed by atoms with Gasteiger partial charge in [-0.05, 0) is 23.8 Å². The van der Waals surface area contributed by atoms with Gasteiger partial charge in [-0.2, -0.15) is 11.8 Å². The maximum Gasteiger partial charge on any atom is 0.269 e. The predicted octanol–water partition coefficient (Wildman–Crippen LogP) is 3.21. The molecule has 0 saturated heterocycles. The molecule has 0 spiro atoms. The van der Waals surface area contributed by atoms with Gasteiger partial charge >= 0.3 is 0 Å². The summed E-state index contributed by atoms with van der Waals surface area (Å²) in [7, 11) is 0. The lowest BCUT2D eigenvalue weighted by atomic mass is 10.2. The van der Waals surface area contributed by atoms with Crippen molar-refractivity contribution in [1.29, 1.82) is 0 Å². The summed E-state index contributed by atoms with van der Waals surface area (Å²) in [5.41, 5.74) is 7.37. The normalized spacial score (nSPS) is 10.3. The summed E-state index contributed by atoms with van der Waals surface area (Å²) in [6.07, 6.45) is 2.33. The zero-order chi connectivity index (χ0) is 12.0. The Kier molecular flexibility index (Phi) is 5.11. The van der Waals surface area contributed by atoms with Gasteiger partial charge in [0, 0.05) is 23.6 Å². The first-order valence-electron chi connectivity index (χ1n) is 5.25. The molecular weight excluding hydrogens is 224 g/mol. The van der Waals surface area contributed by atoms with Crippen molar-refractivity contribution in [3.8, 4) is 0 Å². The Labute approximate surface area is 99.4 Å². The largest absolute Gasteiger partial charge is 0.398 e. The lowest BCUT2D eigenvalue weighted by molar-refractivity contribution is -0.384. The topological polar surface area (TPSA) is 69.2 Å². The molecule has 1 rings (SSSR count). The van der Waals surface area contributed by atoms with Crippen molar-refractivity contribution in [2.45, 2.75) is 25.5 Å². The van der Waals surface area contributed by atoms with Crippen LogP contribution < -0.4 is 5.73 Å². The number of thioether (sulfide) groups is 1. The first kappa shape index (κ1) is 12.8. The SMILES string of the molecule is CCCCSCc1cc([N+](=O)[O-])ccc1N. The predicted molar refractivity (Wildman–Crippen MR) is 68.6 cm³/mol. The molecule has 0 radical (unpaired) electrons. The Bertz CT molecular complexity index is 369. The molecule has 0 aliphatic carbocycles. The van der Waals surface area contributed by atoms with E-state index in [0.29, 0.717) is 5.69 Å². The zero-order valence-electron chi connectivity index (χ0n) is 9.31. The number of rotatable bonds is 6. The smallest absolute Gasteiger partial charge is 0.269 e. The van der Waals surface area contributed by atoms with Gasteiger partial charge in [0.1, 0.15) is 0 Å². The van der Waals surface area contributed by atoms with Gasteiger partial charge in [-0.25, -0.2) is 0 Å². The number of hydrogen-bond donors (Lipinski definition) is 1. The monoisotopic (exact) mass is 240 g/mol. The fourth-order valence-electron chi connectivity index (χ4n) is 1.26. The average molecular weight is 240 g/mol. The lowest BCUT2D eigenvalue weighted by Crippen LogP contribution is -1.96. The molecule has 0 fully saturated rings. The first-order valence-corrected chi connectivity index (χ1v) is 6.41. The summed E-state index contributed by atoms with van der Waals surface area (Å²) in [5, 5.41) is 10.6. The summed E-state index contributed by atoms with van der Waals surface area (Å²) in [5.74, 6) is 1.81. The zero-order valence-corrected chi connectivity index (χ0v) is 10.1. The molecule has 0 atom stereocenters. The minimum absolute atomic E-state index is 0.111. The van der Waals surface area contributed by atoms with Crippen molar-refractivity contribution in [3.05, 3.63) is 33.9 Å². The summed E-state index contributed by atoms with van der Waals surface area (Å²) >= 11 is 1.76. The molecule has 1 aromatic carbocycles. The minimum atomic E-state index is -0.389. The molecule has 5 heteroatoms. The van der Waals surface area contributed by atoms with Gasteiger partial charge in [-0.3, -0.25) is 10.1 Å². The Morgan fingerprint density at radius 2 is 2.25 bits per heavy atom. The second kappa shape index (κ2) is 6.37. The van der Waals surface area contributed by atoms with Crippen LogP contribution in [0.1, 0.15) is 25.3 Å². The second-order valence-electron chi connectivity index (χ2n) is 3.55. The number of nitro groups is 1. The molecule has 0 amide bonds. The van der Waals surface area contributed by atoms with Gasteiger partial charge in [-0.15, -0.1) is 0 Å². The van der Waals surface area contributed by atoms with Crippen molar-refractivity contribution in [1.82, 2.24) is 0 Å². The molecule has 0 aliphatic heterocycles. The van der Waals surface area contributed by atoms with Crippen molar-refractivity contribution in [2.75, 3.05) is 11.5 Å². The Morgan fingerprint density at radius 1 is 1.50 bits per heavy atom. The van der Waals surface area contributed by atoms with Crippen LogP contribution in [-0.4, -0.2) is 10.7 Å². The number of nitrogens with zero attached hydrogens (tertiary/aromatic N) is 1. The summed E-state index contributed by atoms with van der Waals surface area (Å²) in [4.78, 5) is 10.2. The molecule has 0 aliphatic rings. The molecular formula is C11H16N2O2S. The van der Waals surface area contributed by atoms with E-state index >= 15 is 0 Å². The van der Waals surface area contributed by atoms with Crippen molar-refractivity contribution in [3.63, 3.8) is 0 Å². The number of non-ortho nitro benzene ring substituents is 1. The van der Waals surface area contributed by atoms with Crippen LogP contribution in [0, 0.1) is 10.1 Å². The van der Waals surface area contributed by atoms with E-state index in [-0.39, 0.29) is 10.6 Å². The highest BCUT2D eigenvalue weighted by atomic mass is 32.2. The van der Waals surface area contributed by atoms with E-state index in [1.54, 1.807) is 23.9 Å². The van der Waals surface area contributed by atoms with Gasteiger partial charge in [-0.1, -0.05) is 13.3 Å². The average Bonchev–Trinajstić information content (AvgIpc) is 2.26. The van der Waals surface area contributed by atoms with Gasteiger partial charge in [0.25, 0.3) is 5.69 Å². The molecule has 0 heterocycles.